The molecule has 1 aromatic heterocycles. The average molecular weight is 353 g/mol. The summed E-state index contributed by atoms with van der Waals surface area (Å²) < 4.78 is 0. The number of halogens is 1. The minimum Gasteiger partial charge on any atom is -0.506 e. The van der Waals surface area contributed by atoms with Gasteiger partial charge < -0.3 is 10.4 Å². The second kappa shape index (κ2) is 6.37. The normalized spacial score (nSPS) is 13.0. The van der Waals surface area contributed by atoms with Crippen LogP contribution in [0.5, 0.6) is 5.75 Å². The molecule has 2 aromatic carbocycles. The van der Waals surface area contributed by atoms with Crippen LogP contribution in [-0.4, -0.2) is 16.0 Å². The summed E-state index contributed by atoms with van der Waals surface area (Å²) in [5.41, 5.74) is 4.39. The molecule has 1 aliphatic rings. The van der Waals surface area contributed by atoms with Gasteiger partial charge in [0.2, 0.25) is 0 Å². The van der Waals surface area contributed by atoms with E-state index in [9.17, 15) is 9.90 Å². The number of fused-ring (bicyclic) bond motifs is 2. The number of hydrogen-bond donors (Lipinski definition) is 2. The number of aromatic nitrogens is 1. The number of hydrogen-bond acceptors (Lipinski definition) is 3. The van der Waals surface area contributed by atoms with E-state index in [1.807, 2.05) is 24.3 Å². The summed E-state index contributed by atoms with van der Waals surface area (Å²) >= 11 is 5.86. The van der Waals surface area contributed by atoms with E-state index < -0.39 is 0 Å². The van der Waals surface area contributed by atoms with Crippen molar-refractivity contribution in [1.82, 2.24) is 10.3 Å². The van der Waals surface area contributed by atoms with E-state index in [2.05, 4.69) is 10.3 Å². The molecule has 25 heavy (non-hydrogen) atoms. The van der Waals surface area contributed by atoms with Gasteiger partial charge in [0.1, 0.15) is 11.3 Å². The van der Waals surface area contributed by atoms with Crippen LogP contribution in [0.25, 0.3) is 10.9 Å². The highest BCUT2D eigenvalue weighted by Crippen LogP contribution is 2.32. The van der Waals surface area contributed by atoms with Crippen LogP contribution >= 0.6 is 11.6 Å². The highest BCUT2D eigenvalue weighted by molar-refractivity contribution is 6.30. The number of rotatable bonds is 3. The maximum Gasteiger partial charge on any atom is 0.256 e. The molecular formula is C20H17ClN2O2. The summed E-state index contributed by atoms with van der Waals surface area (Å²) in [4.78, 5) is 16.8. The van der Waals surface area contributed by atoms with Gasteiger partial charge in [-0.2, -0.15) is 0 Å². The monoisotopic (exact) mass is 352 g/mol. The van der Waals surface area contributed by atoms with Crippen molar-refractivity contribution in [2.45, 2.75) is 25.8 Å². The first-order valence-electron chi connectivity index (χ1n) is 8.28. The quantitative estimate of drug-likeness (QED) is 0.748. The van der Waals surface area contributed by atoms with Crippen molar-refractivity contribution in [2.75, 3.05) is 0 Å². The summed E-state index contributed by atoms with van der Waals surface area (Å²) in [5.74, 6) is -0.351. The molecular weight excluding hydrogens is 336 g/mol. The predicted octanol–water partition coefficient (Wildman–Crippen LogP) is 4.01. The summed E-state index contributed by atoms with van der Waals surface area (Å²) in [6.45, 7) is 0.359. The number of amides is 1. The maximum absolute atomic E-state index is 12.4. The lowest BCUT2D eigenvalue weighted by molar-refractivity contribution is 0.0948. The van der Waals surface area contributed by atoms with Crippen LogP contribution in [0.3, 0.4) is 0 Å². The van der Waals surface area contributed by atoms with E-state index in [1.165, 1.54) is 17.3 Å². The molecule has 0 bridgehead atoms. The third-order valence-corrected chi connectivity index (χ3v) is 4.92. The largest absolute Gasteiger partial charge is 0.506 e. The van der Waals surface area contributed by atoms with E-state index >= 15 is 0 Å². The van der Waals surface area contributed by atoms with Crippen LogP contribution in [-0.2, 0) is 19.4 Å². The molecule has 1 aliphatic carbocycles. The number of nitrogens with one attached hydrogen (secondary N) is 1. The molecule has 0 aliphatic heterocycles. The Bertz CT molecular complexity index is 968. The van der Waals surface area contributed by atoms with Gasteiger partial charge in [-0.1, -0.05) is 23.7 Å². The van der Waals surface area contributed by atoms with Gasteiger partial charge >= 0.3 is 0 Å². The van der Waals surface area contributed by atoms with Crippen LogP contribution in [0, 0.1) is 0 Å². The smallest absolute Gasteiger partial charge is 0.256 e. The zero-order valence-corrected chi connectivity index (χ0v) is 14.3. The molecule has 0 saturated carbocycles. The molecule has 5 heteroatoms. The van der Waals surface area contributed by atoms with Crippen molar-refractivity contribution in [3.05, 3.63) is 69.9 Å². The van der Waals surface area contributed by atoms with Gasteiger partial charge in [0.15, 0.2) is 0 Å². The summed E-state index contributed by atoms with van der Waals surface area (Å²) in [6.07, 6.45) is 4.63. The van der Waals surface area contributed by atoms with Gasteiger partial charge in [0.25, 0.3) is 5.91 Å². The third kappa shape index (κ3) is 3.05. The van der Waals surface area contributed by atoms with Crippen LogP contribution in [0.1, 0.15) is 33.5 Å². The molecule has 0 saturated heterocycles. The van der Waals surface area contributed by atoms with Gasteiger partial charge in [-0.25, -0.2) is 0 Å². The third-order valence-electron chi connectivity index (χ3n) is 4.66. The first-order valence-corrected chi connectivity index (χ1v) is 8.66. The molecule has 0 radical (unpaired) electrons. The van der Waals surface area contributed by atoms with Crippen LogP contribution in [0.15, 0.2) is 42.6 Å². The Balaban J connectivity index is 1.60. The fourth-order valence-electron chi connectivity index (χ4n) is 3.29. The van der Waals surface area contributed by atoms with Crippen molar-refractivity contribution < 1.29 is 9.90 Å². The molecule has 0 spiro atoms. The Morgan fingerprint density at radius 2 is 1.88 bits per heavy atom. The Labute approximate surface area is 150 Å². The number of benzene rings is 2. The lowest BCUT2D eigenvalue weighted by atomic mass is 10.0. The van der Waals surface area contributed by atoms with Crippen LogP contribution in [0.4, 0.5) is 0 Å². The molecule has 2 N–H and O–H groups in total. The molecule has 126 valence electrons. The Morgan fingerprint density at radius 3 is 2.64 bits per heavy atom. The summed E-state index contributed by atoms with van der Waals surface area (Å²) in [7, 11) is 0. The zero-order valence-electron chi connectivity index (χ0n) is 13.6. The van der Waals surface area contributed by atoms with Crippen LogP contribution in [0.2, 0.25) is 5.02 Å². The molecule has 0 atom stereocenters. The summed E-state index contributed by atoms with van der Waals surface area (Å²) in [5, 5.41) is 14.7. The minimum atomic E-state index is -0.345. The van der Waals surface area contributed by atoms with E-state index in [0.717, 1.165) is 30.3 Å². The van der Waals surface area contributed by atoms with Gasteiger partial charge in [-0.05, 0) is 60.2 Å². The minimum absolute atomic E-state index is 0.00620. The lowest BCUT2D eigenvalue weighted by Gasteiger charge is -2.10. The van der Waals surface area contributed by atoms with Crippen molar-refractivity contribution in [2.24, 2.45) is 0 Å². The van der Waals surface area contributed by atoms with Crippen LogP contribution < -0.4 is 5.32 Å². The van der Waals surface area contributed by atoms with Crippen molar-refractivity contribution >= 4 is 28.4 Å². The second-order valence-electron chi connectivity index (χ2n) is 6.32. The number of carbonyl (C=O) groups is 1. The molecule has 3 aromatic rings. The van der Waals surface area contributed by atoms with E-state index in [4.69, 9.17) is 11.6 Å². The molecule has 1 amide bonds. The van der Waals surface area contributed by atoms with Crippen molar-refractivity contribution in [1.29, 1.82) is 0 Å². The number of aryl methyl sites for hydroxylation is 2. The SMILES string of the molecule is O=C(NCc1ccc(Cl)cc1)c1cnc2cc3c(cc2c1O)CCC3. The van der Waals surface area contributed by atoms with Gasteiger partial charge in [-0.3, -0.25) is 9.78 Å². The lowest BCUT2D eigenvalue weighted by Crippen LogP contribution is -2.23. The Hall–Kier alpha value is -2.59. The second-order valence-corrected chi connectivity index (χ2v) is 6.76. The Kier molecular flexibility index (Phi) is 4.06. The number of aromatic hydroxyl groups is 1. The van der Waals surface area contributed by atoms with Gasteiger partial charge in [0, 0.05) is 23.2 Å². The molecule has 0 fully saturated rings. The topological polar surface area (TPSA) is 62.2 Å². The fraction of sp³-hybridized carbons (Fsp3) is 0.200. The average Bonchev–Trinajstić information content (AvgIpc) is 3.07. The van der Waals surface area contributed by atoms with Gasteiger partial charge in [0.05, 0.1) is 5.52 Å². The maximum atomic E-state index is 12.4. The van der Waals surface area contributed by atoms with E-state index in [1.54, 1.807) is 12.1 Å². The Morgan fingerprint density at radius 1 is 1.16 bits per heavy atom. The number of pyridine rings is 1. The zero-order chi connectivity index (χ0) is 17.4. The molecule has 4 nitrogen and oxygen atoms in total. The standard InChI is InChI=1S/C20H17ClN2O2/c21-15-6-4-12(5-7-15)10-23-20(25)17-11-22-18-9-14-3-1-2-13(14)8-16(18)19(17)24/h4-9,11H,1-3,10H2,(H,22,24)(H,23,25). The van der Waals surface area contributed by atoms with E-state index in [0.29, 0.717) is 17.0 Å². The predicted molar refractivity (Wildman–Crippen MR) is 98.1 cm³/mol. The first-order chi connectivity index (χ1) is 12.1. The summed E-state index contributed by atoms with van der Waals surface area (Å²) in [6, 6.07) is 11.2. The number of nitrogens with zero attached hydrogens (tertiary/aromatic N) is 1. The molecule has 1 heterocycles. The highest BCUT2D eigenvalue weighted by atomic mass is 35.5. The first kappa shape index (κ1) is 15.9. The molecule has 0 unspecified atom stereocenters. The van der Waals surface area contributed by atoms with Crippen molar-refractivity contribution in [3.8, 4) is 5.75 Å². The van der Waals surface area contributed by atoms with E-state index in [-0.39, 0.29) is 17.2 Å². The fourth-order valence-corrected chi connectivity index (χ4v) is 3.42. The van der Waals surface area contributed by atoms with Crippen molar-refractivity contribution in [3.63, 3.8) is 0 Å². The molecule has 4 rings (SSSR count). The van der Waals surface area contributed by atoms with Gasteiger partial charge in [-0.15, -0.1) is 0 Å². The highest BCUT2D eigenvalue weighted by Gasteiger charge is 2.18. The number of carbonyl (C=O) groups excluding carboxylic acids is 1.